The normalized spacial score (nSPS) is 12.7. The molecule has 5 heteroatoms. The van der Waals surface area contributed by atoms with Gasteiger partial charge in [-0.3, -0.25) is 11.3 Å². The van der Waals surface area contributed by atoms with Crippen molar-refractivity contribution in [2.45, 2.75) is 12.5 Å². The Balaban J connectivity index is 1.92. The van der Waals surface area contributed by atoms with Crippen LogP contribution in [0, 0.1) is 5.82 Å². The molecule has 3 aromatic rings. The summed E-state index contributed by atoms with van der Waals surface area (Å²) in [4.78, 5) is 1.11. The molecule has 3 rings (SSSR count). The monoisotopic (exact) mass is 320 g/mol. The Labute approximate surface area is 131 Å². The van der Waals surface area contributed by atoms with Crippen LogP contribution in [0.15, 0.2) is 48.5 Å². The number of nitrogens with two attached hydrogens (primary N) is 1. The third-order valence-electron chi connectivity index (χ3n) is 3.42. The number of rotatable bonds is 4. The first kappa shape index (κ1) is 14.5. The second-order valence-electron chi connectivity index (χ2n) is 4.85. The summed E-state index contributed by atoms with van der Waals surface area (Å²) in [5.41, 5.74) is 3.55. The van der Waals surface area contributed by atoms with Crippen LogP contribution < -0.4 is 11.3 Å². The Kier molecular flexibility index (Phi) is 4.22. The van der Waals surface area contributed by atoms with Gasteiger partial charge < -0.3 is 0 Å². The van der Waals surface area contributed by atoms with E-state index < -0.39 is 0 Å². The lowest BCUT2D eigenvalue weighted by Gasteiger charge is -2.15. The molecule has 0 saturated heterocycles. The van der Waals surface area contributed by atoms with E-state index in [1.165, 1.54) is 22.2 Å². The minimum absolute atomic E-state index is 0.0956. The number of thiophene rings is 1. The zero-order valence-corrected chi connectivity index (χ0v) is 12.7. The van der Waals surface area contributed by atoms with E-state index in [0.29, 0.717) is 11.4 Å². The number of hydrogen-bond acceptors (Lipinski definition) is 3. The molecule has 21 heavy (non-hydrogen) atoms. The smallest absolute Gasteiger partial charge is 0.123 e. The molecular formula is C16H14ClFN2S. The van der Waals surface area contributed by atoms with Gasteiger partial charge in [-0.1, -0.05) is 29.8 Å². The average molecular weight is 321 g/mol. The topological polar surface area (TPSA) is 38.0 Å². The van der Waals surface area contributed by atoms with Crippen LogP contribution in [-0.4, -0.2) is 0 Å². The molecule has 0 spiro atoms. The summed E-state index contributed by atoms with van der Waals surface area (Å²) in [6.45, 7) is 0. The summed E-state index contributed by atoms with van der Waals surface area (Å²) in [5.74, 6) is 5.39. The number of hydrazine groups is 1. The van der Waals surface area contributed by atoms with Crippen molar-refractivity contribution in [1.29, 1.82) is 0 Å². The molecule has 0 saturated carbocycles. The molecule has 1 atom stereocenters. The first-order chi connectivity index (χ1) is 10.2. The predicted octanol–water partition coefficient (Wildman–Crippen LogP) is 4.44. The Morgan fingerprint density at radius 3 is 2.76 bits per heavy atom. The number of fused-ring (bicyclic) bond motifs is 1. The third kappa shape index (κ3) is 3.09. The summed E-state index contributed by atoms with van der Waals surface area (Å²) in [6.07, 6.45) is 0.542. The number of hydrogen-bond donors (Lipinski definition) is 2. The molecule has 0 aliphatic heterocycles. The fourth-order valence-corrected chi connectivity index (χ4v) is 3.66. The molecule has 0 radical (unpaired) electrons. The van der Waals surface area contributed by atoms with Crippen molar-refractivity contribution in [3.8, 4) is 0 Å². The standard InChI is InChI=1S/C16H14ClFN2S/c17-13-6-5-12(18)7-11(13)8-14(20-19)16-9-10-3-1-2-4-15(10)21-16/h1-7,9,14,20H,8,19H2. The van der Waals surface area contributed by atoms with Gasteiger partial charge in [0.15, 0.2) is 0 Å². The highest BCUT2D eigenvalue weighted by atomic mass is 35.5. The fraction of sp³-hybridized carbons (Fsp3) is 0.125. The van der Waals surface area contributed by atoms with Crippen LogP contribution in [0.4, 0.5) is 4.39 Å². The van der Waals surface area contributed by atoms with Crippen LogP contribution >= 0.6 is 22.9 Å². The third-order valence-corrected chi connectivity index (χ3v) is 5.02. The summed E-state index contributed by atoms with van der Waals surface area (Å²) in [6, 6.07) is 14.6. The van der Waals surface area contributed by atoms with Crippen molar-refractivity contribution < 1.29 is 4.39 Å². The fourth-order valence-electron chi connectivity index (χ4n) is 2.34. The van der Waals surface area contributed by atoms with Gasteiger partial charge in [0.1, 0.15) is 5.82 Å². The lowest BCUT2D eigenvalue weighted by Crippen LogP contribution is -2.29. The molecule has 0 aliphatic rings. The molecule has 0 amide bonds. The molecule has 1 heterocycles. The first-order valence-electron chi connectivity index (χ1n) is 6.56. The molecule has 0 bridgehead atoms. The van der Waals surface area contributed by atoms with Gasteiger partial charge in [-0.25, -0.2) is 4.39 Å². The number of halogens is 2. The Hall–Kier alpha value is -1.46. The maximum atomic E-state index is 13.4. The summed E-state index contributed by atoms with van der Waals surface area (Å²) in [5, 5.41) is 1.74. The van der Waals surface area contributed by atoms with Crippen molar-refractivity contribution in [2.24, 2.45) is 5.84 Å². The molecule has 0 fully saturated rings. The second kappa shape index (κ2) is 6.12. The Morgan fingerprint density at radius 2 is 2.00 bits per heavy atom. The summed E-state index contributed by atoms with van der Waals surface area (Å²) < 4.78 is 14.6. The van der Waals surface area contributed by atoms with Crippen LogP contribution in [0.3, 0.4) is 0 Å². The van der Waals surface area contributed by atoms with E-state index in [4.69, 9.17) is 17.4 Å². The highest BCUT2D eigenvalue weighted by Crippen LogP contribution is 2.32. The van der Waals surface area contributed by atoms with Crippen molar-refractivity contribution in [1.82, 2.24) is 5.43 Å². The van der Waals surface area contributed by atoms with Gasteiger partial charge in [-0.2, -0.15) is 0 Å². The van der Waals surface area contributed by atoms with E-state index in [0.717, 1.165) is 10.4 Å². The molecular weight excluding hydrogens is 307 g/mol. The van der Waals surface area contributed by atoms with Gasteiger partial charge in [-0.15, -0.1) is 11.3 Å². The lowest BCUT2D eigenvalue weighted by molar-refractivity contribution is 0.557. The molecule has 3 N–H and O–H groups in total. The van der Waals surface area contributed by atoms with Crippen LogP contribution in [-0.2, 0) is 6.42 Å². The second-order valence-corrected chi connectivity index (χ2v) is 6.37. The highest BCUT2D eigenvalue weighted by molar-refractivity contribution is 7.19. The number of benzene rings is 2. The zero-order valence-electron chi connectivity index (χ0n) is 11.1. The van der Waals surface area contributed by atoms with Crippen LogP contribution in [0.25, 0.3) is 10.1 Å². The highest BCUT2D eigenvalue weighted by Gasteiger charge is 2.16. The van der Waals surface area contributed by atoms with Gasteiger partial charge in [-0.05, 0) is 47.7 Å². The van der Waals surface area contributed by atoms with Crippen molar-refractivity contribution in [3.63, 3.8) is 0 Å². The maximum absolute atomic E-state index is 13.4. The van der Waals surface area contributed by atoms with Crippen molar-refractivity contribution in [2.75, 3.05) is 0 Å². The van der Waals surface area contributed by atoms with Crippen LogP contribution in [0.1, 0.15) is 16.5 Å². The summed E-state index contributed by atoms with van der Waals surface area (Å²) in [7, 11) is 0. The van der Waals surface area contributed by atoms with Gasteiger partial charge in [0.25, 0.3) is 0 Å². The van der Waals surface area contributed by atoms with Crippen LogP contribution in [0.5, 0.6) is 0 Å². The van der Waals surface area contributed by atoms with E-state index in [9.17, 15) is 4.39 Å². The SMILES string of the molecule is NNC(Cc1cc(F)ccc1Cl)c1cc2ccccc2s1. The molecule has 1 unspecified atom stereocenters. The molecule has 0 aliphatic carbocycles. The maximum Gasteiger partial charge on any atom is 0.123 e. The minimum Gasteiger partial charge on any atom is -0.271 e. The van der Waals surface area contributed by atoms with Crippen LogP contribution in [0.2, 0.25) is 5.02 Å². The Bertz CT molecular complexity index is 739. The van der Waals surface area contributed by atoms with E-state index >= 15 is 0 Å². The van der Waals surface area contributed by atoms with Gasteiger partial charge in [0, 0.05) is 14.6 Å². The van der Waals surface area contributed by atoms with E-state index in [2.05, 4.69) is 23.6 Å². The van der Waals surface area contributed by atoms with Gasteiger partial charge in [0.2, 0.25) is 0 Å². The largest absolute Gasteiger partial charge is 0.271 e. The van der Waals surface area contributed by atoms with E-state index in [1.54, 1.807) is 17.4 Å². The Morgan fingerprint density at radius 1 is 1.19 bits per heavy atom. The van der Waals surface area contributed by atoms with E-state index in [-0.39, 0.29) is 11.9 Å². The zero-order chi connectivity index (χ0) is 14.8. The van der Waals surface area contributed by atoms with Crippen molar-refractivity contribution in [3.05, 3.63) is 69.8 Å². The first-order valence-corrected chi connectivity index (χ1v) is 7.75. The average Bonchev–Trinajstić information content (AvgIpc) is 2.91. The van der Waals surface area contributed by atoms with Gasteiger partial charge >= 0.3 is 0 Å². The molecule has 1 aromatic heterocycles. The minimum atomic E-state index is -0.290. The lowest BCUT2D eigenvalue weighted by atomic mass is 10.0. The number of nitrogens with one attached hydrogen (secondary N) is 1. The molecule has 2 nitrogen and oxygen atoms in total. The molecule has 108 valence electrons. The van der Waals surface area contributed by atoms with E-state index in [1.807, 2.05) is 12.1 Å². The molecule has 2 aromatic carbocycles. The van der Waals surface area contributed by atoms with Gasteiger partial charge in [0.05, 0.1) is 6.04 Å². The van der Waals surface area contributed by atoms with Crippen molar-refractivity contribution >= 4 is 33.0 Å². The predicted molar refractivity (Wildman–Crippen MR) is 87.0 cm³/mol. The quantitative estimate of drug-likeness (QED) is 0.551. The summed E-state index contributed by atoms with van der Waals surface area (Å²) >= 11 is 7.81.